The number of anilines is 3. The Morgan fingerprint density at radius 2 is 1.95 bits per heavy atom. The normalized spacial score (nSPS) is 10.2. The van der Waals surface area contributed by atoms with E-state index >= 15 is 0 Å². The first-order chi connectivity index (χ1) is 10.7. The fraction of sp³-hybridized carbons (Fsp3) is 0.0625. The van der Waals surface area contributed by atoms with Crippen LogP contribution in [0.15, 0.2) is 54.0 Å². The van der Waals surface area contributed by atoms with Crippen molar-refractivity contribution in [2.75, 3.05) is 10.6 Å². The number of pyridine rings is 1. The summed E-state index contributed by atoms with van der Waals surface area (Å²) in [4.78, 5) is 20.7. The maximum Gasteiger partial charge on any atom is 0.275 e. The Balaban J connectivity index is 1.71. The van der Waals surface area contributed by atoms with Crippen molar-refractivity contribution < 1.29 is 4.79 Å². The average Bonchev–Trinajstić information content (AvgIpc) is 2.99. The molecule has 2 heterocycles. The molecule has 0 aliphatic carbocycles. The second-order valence-corrected chi connectivity index (χ2v) is 5.51. The number of thiazole rings is 1. The van der Waals surface area contributed by atoms with Gasteiger partial charge in [-0.25, -0.2) is 9.97 Å². The molecule has 0 unspecified atom stereocenters. The molecule has 0 aliphatic heterocycles. The largest absolute Gasteiger partial charge is 0.320 e. The number of carbonyl (C=O) groups excluding carboxylic acids is 1. The summed E-state index contributed by atoms with van der Waals surface area (Å²) in [5.74, 6) is 0.474. The van der Waals surface area contributed by atoms with Crippen molar-refractivity contribution >= 4 is 33.9 Å². The van der Waals surface area contributed by atoms with Gasteiger partial charge in [-0.1, -0.05) is 24.3 Å². The van der Waals surface area contributed by atoms with Crippen molar-refractivity contribution in [2.45, 2.75) is 6.92 Å². The predicted molar refractivity (Wildman–Crippen MR) is 88.8 cm³/mol. The van der Waals surface area contributed by atoms with Crippen molar-refractivity contribution in [3.8, 4) is 0 Å². The Hall–Kier alpha value is -2.73. The maximum absolute atomic E-state index is 12.2. The molecule has 0 atom stereocenters. The summed E-state index contributed by atoms with van der Waals surface area (Å²) in [6.45, 7) is 1.95. The van der Waals surface area contributed by atoms with Gasteiger partial charge in [-0.2, -0.15) is 0 Å². The summed E-state index contributed by atoms with van der Waals surface area (Å²) in [6, 6.07) is 13.2. The number of rotatable bonds is 4. The third-order valence-electron chi connectivity index (χ3n) is 3.03. The van der Waals surface area contributed by atoms with Crippen molar-refractivity contribution in [1.29, 1.82) is 0 Å². The van der Waals surface area contributed by atoms with Crippen LogP contribution in [0.3, 0.4) is 0 Å². The lowest BCUT2D eigenvalue weighted by atomic mass is 10.2. The van der Waals surface area contributed by atoms with E-state index in [1.807, 2.05) is 49.4 Å². The Labute approximate surface area is 132 Å². The van der Waals surface area contributed by atoms with Gasteiger partial charge in [0.1, 0.15) is 11.5 Å². The number of amides is 1. The molecule has 5 nitrogen and oxygen atoms in total. The fourth-order valence-electron chi connectivity index (χ4n) is 1.88. The first-order valence-electron chi connectivity index (χ1n) is 6.73. The number of aryl methyl sites for hydroxylation is 1. The summed E-state index contributed by atoms with van der Waals surface area (Å²) >= 11 is 1.36. The molecular formula is C16H14N4OS. The van der Waals surface area contributed by atoms with E-state index in [0.29, 0.717) is 16.6 Å². The third-order valence-corrected chi connectivity index (χ3v) is 3.79. The zero-order chi connectivity index (χ0) is 15.4. The maximum atomic E-state index is 12.2. The summed E-state index contributed by atoms with van der Waals surface area (Å²) in [5.41, 5.74) is 2.18. The first-order valence-corrected chi connectivity index (χ1v) is 7.61. The minimum Gasteiger partial charge on any atom is -0.320 e. The molecular weight excluding hydrogens is 296 g/mol. The molecule has 0 saturated heterocycles. The Bertz CT molecular complexity index is 786. The van der Waals surface area contributed by atoms with E-state index in [0.717, 1.165) is 11.3 Å². The van der Waals surface area contributed by atoms with Crippen LogP contribution >= 0.6 is 11.3 Å². The van der Waals surface area contributed by atoms with Crippen LogP contribution < -0.4 is 10.6 Å². The Morgan fingerprint density at radius 3 is 2.73 bits per heavy atom. The van der Waals surface area contributed by atoms with Gasteiger partial charge >= 0.3 is 0 Å². The minimum atomic E-state index is -0.223. The monoisotopic (exact) mass is 310 g/mol. The molecule has 2 N–H and O–H groups in total. The van der Waals surface area contributed by atoms with Crippen LogP contribution in [0, 0.1) is 6.92 Å². The summed E-state index contributed by atoms with van der Waals surface area (Å²) in [5, 5.41) is 8.29. The molecule has 0 fully saturated rings. The molecule has 1 aromatic carbocycles. The van der Waals surface area contributed by atoms with Crippen LogP contribution in [0.4, 0.5) is 16.6 Å². The van der Waals surface area contributed by atoms with Gasteiger partial charge in [-0.05, 0) is 30.7 Å². The fourth-order valence-corrected chi connectivity index (χ4v) is 2.58. The van der Waals surface area contributed by atoms with Gasteiger partial charge in [0.05, 0.1) is 0 Å². The lowest BCUT2D eigenvalue weighted by Gasteiger charge is -2.06. The number of carbonyl (C=O) groups is 1. The van der Waals surface area contributed by atoms with E-state index in [-0.39, 0.29) is 5.91 Å². The molecule has 22 heavy (non-hydrogen) atoms. The highest BCUT2D eigenvalue weighted by Gasteiger charge is 2.12. The topological polar surface area (TPSA) is 66.9 Å². The average molecular weight is 310 g/mol. The van der Waals surface area contributed by atoms with Gasteiger partial charge in [0, 0.05) is 17.3 Å². The molecule has 110 valence electrons. The van der Waals surface area contributed by atoms with Crippen LogP contribution in [0.5, 0.6) is 0 Å². The van der Waals surface area contributed by atoms with E-state index in [1.54, 1.807) is 11.6 Å². The highest BCUT2D eigenvalue weighted by Crippen LogP contribution is 2.21. The smallest absolute Gasteiger partial charge is 0.275 e. The summed E-state index contributed by atoms with van der Waals surface area (Å²) in [7, 11) is 0. The van der Waals surface area contributed by atoms with Gasteiger partial charge in [0.15, 0.2) is 5.13 Å². The van der Waals surface area contributed by atoms with E-state index < -0.39 is 0 Å². The Morgan fingerprint density at radius 1 is 1.14 bits per heavy atom. The molecule has 0 bridgehead atoms. The number of hydrogen-bond donors (Lipinski definition) is 2. The second kappa shape index (κ2) is 6.36. The molecule has 0 saturated carbocycles. The van der Waals surface area contributed by atoms with Crippen LogP contribution in [0.2, 0.25) is 0 Å². The summed E-state index contributed by atoms with van der Waals surface area (Å²) in [6.07, 6.45) is 1.70. The van der Waals surface area contributed by atoms with Crippen molar-refractivity contribution in [3.05, 3.63) is 65.3 Å². The summed E-state index contributed by atoms with van der Waals surface area (Å²) < 4.78 is 0. The van der Waals surface area contributed by atoms with Crippen molar-refractivity contribution in [2.24, 2.45) is 0 Å². The molecule has 3 aromatic rings. The molecule has 2 aromatic heterocycles. The zero-order valence-electron chi connectivity index (χ0n) is 11.9. The number of nitrogens with one attached hydrogen (secondary N) is 2. The predicted octanol–water partition coefficient (Wildman–Crippen LogP) is 3.84. The highest BCUT2D eigenvalue weighted by atomic mass is 32.1. The third kappa shape index (κ3) is 3.29. The first kappa shape index (κ1) is 14.2. The molecule has 0 spiro atoms. The van der Waals surface area contributed by atoms with Crippen LogP contribution in [0.25, 0.3) is 0 Å². The number of hydrogen-bond acceptors (Lipinski definition) is 5. The van der Waals surface area contributed by atoms with Gasteiger partial charge in [0.25, 0.3) is 5.91 Å². The van der Waals surface area contributed by atoms with Crippen LogP contribution in [-0.2, 0) is 0 Å². The number of benzene rings is 1. The number of nitrogens with zero attached hydrogens (tertiary/aromatic N) is 2. The lowest BCUT2D eigenvalue weighted by Crippen LogP contribution is -2.13. The highest BCUT2D eigenvalue weighted by molar-refractivity contribution is 7.14. The lowest BCUT2D eigenvalue weighted by molar-refractivity contribution is 0.102. The molecule has 6 heteroatoms. The van der Waals surface area contributed by atoms with Gasteiger partial charge in [-0.15, -0.1) is 11.3 Å². The Kier molecular flexibility index (Phi) is 4.11. The van der Waals surface area contributed by atoms with E-state index in [9.17, 15) is 4.79 Å². The molecule has 1 amide bonds. The van der Waals surface area contributed by atoms with E-state index in [4.69, 9.17) is 0 Å². The standard InChI is InChI=1S/C16H14N4OS/c1-11-6-2-3-7-12(11)18-15(21)13-10-22-16(19-13)20-14-8-4-5-9-17-14/h2-10H,1H3,(H,18,21)(H,17,19,20). The quantitative estimate of drug-likeness (QED) is 0.768. The number of para-hydroxylation sites is 1. The second-order valence-electron chi connectivity index (χ2n) is 4.65. The van der Waals surface area contributed by atoms with Gasteiger partial charge < -0.3 is 10.6 Å². The van der Waals surface area contributed by atoms with Crippen LogP contribution in [-0.4, -0.2) is 15.9 Å². The molecule has 0 radical (unpaired) electrons. The van der Waals surface area contributed by atoms with Gasteiger partial charge in [0.2, 0.25) is 0 Å². The van der Waals surface area contributed by atoms with Crippen molar-refractivity contribution in [3.63, 3.8) is 0 Å². The number of aromatic nitrogens is 2. The van der Waals surface area contributed by atoms with E-state index in [2.05, 4.69) is 20.6 Å². The zero-order valence-corrected chi connectivity index (χ0v) is 12.7. The molecule has 3 rings (SSSR count). The minimum absolute atomic E-state index is 0.223. The van der Waals surface area contributed by atoms with E-state index in [1.165, 1.54) is 11.3 Å². The van der Waals surface area contributed by atoms with Crippen LogP contribution in [0.1, 0.15) is 16.1 Å². The SMILES string of the molecule is Cc1ccccc1NC(=O)c1csc(Nc2ccccn2)n1. The van der Waals surface area contributed by atoms with Crippen molar-refractivity contribution in [1.82, 2.24) is 9.97 Å². The van der Waals surface area contributed by atoms with Gasteiger partial charge in [-0.3, -0.25) is 4.79 Å². The molecule has 0 aliphatic rings.